The first-order valence-electron chi connectivity index (χ1n) is 8.56. The molecule has 1 aliphatic heterocycles. The van der Waals surface area contributed by atoms with E-state index < -0.39 is 6.04 Å². The van der Waals surface area contributed by atoms with Gasteiger partial charge in [-0.25, -0.2) is 0 Å². The molecule has 24 heavy (non-hydrogen) atoms. The lowest BCUT2D eigenvalue weighted by Crippen LogP contribution is -2.46. The zero-order chi connectivity index (χ0) is 17.7. The quantitative estimate of drug-likeness (QED) is 0.839. The zero-order valence-corrected chi connectivity index (χ0v) is 15.1. The molecule has 0 radical (unpaired) electrons. The lowest BCUT2D eigenvalue weighted by atomic mass is 9.92. The van der Waals surface area contributed by atoms with Gasteiger partial charge in [-0.15, -0.1) is 0 Å². The number of amides is 2. The number of carbonyl (C=O) groups excluding carboxylic acids is 2. The summed E-state index contributed by atoms with van der Waals surface area (Å²) in [5.41, 5.74) is 2.34. The van der Waals surface area contributed by atoms with E-state index in [0.29, 0.717) is 13.0 Å². The number of hydrogen-bond donors (Lipinski definition) is 2. The summed E-state index contributed by atoms with van der Waals surface area (Å²) in [7, 11) is 0. The third-order valence-corrected chi connectivity index (χ3v) is 3.93. The monoisotopic (exact) mass is 332 g/mol. The molecule has 0 spiro atoms. The lowest BCUT2D eigenvalue weighted by molar-refractivity contribution is -0.129. The van der Waals surface area contributed by atoms with E-state index >= 15 is 0 Å². The van der Waals surface area contributed by atoms with Crippen LogP contribution in [0.15, 0.2) is 18.2 Å². The molecule has 1 unspecified atom stereocenters. The fourth-order valence-corrected chi connectivity index (χ4v) is 2.72. The summed E-state index contributed by atoms with van der Waals surface area (Å²) in [5, 5.41) is 5.63. The van der Waals surface area contributed by atoms with Crippen molar-refractivity contribution < 1.29 is 14.3 Å². The number of carbonyl (C=O) groups is 2. The topological polar surface area (TPSA) is 67.4 Å². The molecule has 132 valence electrons. The van der Waals surface area contributed by atoms with Crippen LogP contribution in [-0.4, -0.2) is 31.0 Å². The Kier molecular flexibility index (Phi) is 5.86. The van der Waals surface area contributed by atoms with Crippen LogP contribution in [0.2, 0.25) is 0 Å². The molecule has 0 saturated heterocycles. The van der Waals surface area contributed by atoms with Gasteiger partial charge in [-0.3, -0.25) is 9.59 Å². The van der Waals surface area contributed by atoms with Gasteiger partial charge in [0.1, 0.15) is 11.8 Å². The SMILES string of the molecule is CC(NC(=O)CC(C)(C)C)C(=O)NCCc1ccc2c(c1)CCO2. The molecule has 0 aliphatic carbocycles. The average molecular weight is 332 g/mol. The highest BCUT2D eigenvalue weighted by Gasteiger charge is 2.20. The second kappa shape index (κ2) is 7.69. The molecular weight excluding hydrogens is 304 g/mol. The summed E-state index contributed by atoms with van der Waals surface area (Å²) in [5.74, 6) is 0.725. The summed E-state index contributed by atoms with van der Waals surface area (Å²) >= 11 is 0. The Morgan fingerprint density at radius 1 is 1.29 bits per heavy atom. The van der Waals surface area contributed by atoms with Crippen LogP contribution in [0.4, 0.5) is 0 Å². The normalized spacial score (nSPS) is 14.5. The summed E-state index contributed by atoms with van der Waals surface area (Å²) < 4.78 is 5.49. The molecule has 0 fully saturated rings. The second-order valence-electron chi connectivity index (χ2n) is 7.61. The predicted octanol–water partition coefficient (Wildman–Crippen LogP) is 2.22. The number of rotatable bonds is 6. The molecule has 0 bridgehead atoms. The van der Waals surface area contributed by atoms with Crippen LogP contribution >= 0.6 is 0 Å². The molecule has 1 aromatic rings. The summed E-state index contributed by atoms with van der Waals surface area (Å²) in [4.78, 5) is 23.9. The molecule has 1 aromatic carbocycles. The molecule has 0 aromatic heterocycles. The van der Waals surface area contributed by atoms with E-state index in [1.54, 1.807) is 6.92 Å². The Hall–Kier alpha value is -2.04. The minimum atomic E-state index is -0.520. The maximum absolute atomic E-state index is 12.1. The molecule has 1 heterocycles. The van der Waals surface area contributed by atoms with Gasteiger partial charge in [0.25, 0.3) is 0 Å². The highest BCUT2D eigenvalue weighted by Crippen LogP contribution is 2.25. The Bertz CT molecular complexity index is 605. The standard InChI is InChI=1S/C19H28N2O3/c1-13(21-17(22)12-19(2,3)4)18(23)20-9-7-14-5-6-16-15(11-14)8-10-24-16/h5-6,11,13H,7-10,12H2,1-4H3,(H,20,23)(H,21,22). The van der Waals surface area contributed by atoms with Crippen LogP contribution in [0, 0.1) is 5.41 Å². The maximum Gasteiger partial charge on any atom is 0.242 e. The van der Waals surface area contributed by atoms with Gasteiger partial charge >= 0.3 is 0 Å². The Morgan fingerprint density at radius 3 is 2.75 bits per heavy atom. The summed E-state index contributed by atoms with van der Waals surface area (Å²) in [6.07, 6.45) is 2.12. The van der Waals surface area contributed by atoms with E-state index in [1.165, 1.54) is 11.1 Å². The van der Waals surface area contributed by atoms with Crippen molar-refractivity contribution in [3.63, 3.8) is 0 Å². The first-order valence-corrected chi connectivity index (χ1v) is 8.56. The maximum atomic E-state index is 12.1. The number of ether oxygens (including phenoxy) is 1. The van der Waals surface area contributed by atoms with Crippen LogP contribution in [0.5, 0.6) is 5.75 Å². The Morgan fingerprint density at radius 2 is 2.04 bits per heavy atom. The van der Waals surface area contributed by atoms with Crippen LogP contribution < -0.4 is 15.4 Å². The lowest BCUT2D eigenvalue weighted by Gasteiger charge is -2.20. The smallest absolute Gasteiger partial charge is 0.242 e. The van der Waals surface area contributed by atoms with Gasteiger partial charge in [-0.1, -0.05) is 32.9 Å². The second-order valence-corrected chi connectivity index (χ2v) is 7.61. The third-order valence-electron chi connectivity index (χ3n) is 3.93. The highest BCUT2D eigenvalue weighted by molar-refractivity contribution is 5.87. The van der Waals surface area contributed by atoms with E-state index in [9.17, 15) is 9.59 Å². The molecule has 0 saturated carbocycles. The van der Waals surface area contributed by atoms with E-state index in [-0.39, 0.29) is 17.2 Å². The van der Waals surface area contributed by atoms with E-state index in [0.717, 1.165) is 25.2 Å². The van der Waals surface area contributed by atoms with Gasteiger partial charge in [-0.2, -0.15) is 0 Å². The molecular formula is C19H28N2O3. The van der Waals surface area contributed by atoms with Crippen molar-refractivity contribution in [3.8, 4) is 5.75 Å². The van der Waals surface area contributed by atoms with Crippen LogP contribution in [0.1, 0.15) is 45.2 Å². The van der Waals surface area contributed by atoms with E-state index in [1.807, 2.05) is 32.9 Å². The van der Waals surface area contributed by atoms with Gasteiger partial charge in [0.05, 0.1) is 6.61 Å². The fourth-order valence-electron chi connectivity index (χ4n) is 2.72. The number of fused-ring (bicyclic) bond motifs is 1. The van der Waals surface area contributed by atoms with Crippen molar-refractivity contribution in [2.24, 2.45) is 5.41 Å². The minimum absolute atomic E-state index is 0.0858. The molecule has 1 aliphatic rings. The summed E-state index contributed by atoms with van der Waals surface area (Å²) in [6, 6.07) is 5.65. The van der Waals surface area contributed by atoms with Crippen molar-refractivity contribution in [3.05, 3.63) is 29.3 Å². The largest absolute Gasteiger partial charge is 0.493 e. The Labute approximate surface area is 144 Å². The Balaban J connectivity index is 1.73. The van der Waals surface area contributed by atoms with Crippen LogP contribution in [-0.2, 0) is 22.4 Å². The molecule has 5 heteroatoms. The van der Waals surface area contributed by atoms with Crippen molar-refractivity contribution in [1.82, 2.24) is 10.6 Å². The van der Waals surface area contributed by atoms with Crippen LogP contribution in [0.3, 0.4) is 0 Å². The van der Waals surface area contributed by atoms with Crippen molar-refractivity contribution in [2.45, 2.75) is 53.0 Å². The third kappa shape index (κ3) is 5.55. The fraction of sp³-hybridized carbons (Fsp3) is 0.579. The van der Waals surface area contributed by atoms with E-state index in [2.05, 4.69) is 16.7 Å². The first kappa shape index (κ1) is 18.3. The van der Waals surface area contributed by atoms with Gasteiger partial charge in [0, 0.05) is 19.4 Å². The number of benzene rings is 1. The number of hydrogen-bond acceptors (Lipinski definition) is 3. The van der Waals surface area contributed by atoms with Crippen molar-refractivity contribution in [2.75, 3.05) is 13.2 Å². The molecule has 5 nitrogen and oxygen atoms in total. The first-order chi connectivity index (χ1) is 11.2. The summed E-state index contributed by atoms with van der Waals surface area (Å²) in [6.45, 7) is 9.01. The molecule has 2 rings (SSSR count). The molecule has 1 atom stereocenters. The van der Waals surface area contributed by atoms with Gasteiger partial charge in [-0.05, 0) is 36.0 Å². The van der Waals surface area contributed by atoms with Gasteiger partial charge in [0.2, 0.25) is 11.8 Å². The van der Waals surface area contributed by atoms with E-state index in [4.69, 9.17) is 4.74 Å². The molecule has 2 amide bonds. The highest BCUT2D eigenvalue weighted by atomic mass is 16.5. The average Bonchev–Trinajstić information content (AvgIpc) is 2.92. The van der Waals surface area contributed by atoms with Crippen molar-refractivity contribution in [1.29, 1.82) is 0 Å². The number of nitrogens with one attached hydrogen (secondary N) is 2. The van der Waals surface area contributed by atoms with Crippen molar-refractivity contribution >= 4 is 11.8 Å². The zero-order valence-electron chi connectivity index (χ0n) is 15.1. The predicted molar refractivity (Wildman–Crippen MR) is 94.0 cm³/mol. The minimum Gasteiger partial charge on any atom is -0.493 e. The van der Waals surface area contributed by atoms with Gasteiger partial charge < -0.3 is 15.4 Å². The van der Waals surface area contributed by atoms with Crippen LogP contribution in [0.25, 0.3) is 0 Å². The molecule has 2 N–H and O–H groups in total. The van der Waals surface area contributed by atoms with Gasteiger partial charge in [0.15, 0.2) is 0 Å².